The predicted octanol–water partition coefficient (Wildman–Crippen LogP) is 2.60. The fourth-order valence-corrected chi connectivity index (χ4v) is 4.09. The number of rotatable bonds is 3. The van der Waals surface area contributed by atoms with Gasteiger partial charge in [0.1, 0.15) is 11.8 Å². The molecule has 1 aromatic carbocycles. The van der Waals surface area contributed by atoms with E-state index in [1.165, 1.54) is 5.56 Å². The van der Waals surface area contributed by atoms with Gasteiger partial charge >= 0.3 is 0 Å². The third kappa shape index (κ3) is 2.57. The summed E-state index contributed by atoms with van der Waals surface area (Å²) in [6.07, 6.45) is 2.79. The standard InChI is InChI=1S/C19H21N5O/c1-24-17-5-7-21-11-15(17)14-9-13(8-12(10-20)18(14)24)23-16-4-3-6-22-19(16)25-2/h3-4,6,8-9,15,17,21,23H,5,7,11H2,1-2H3/t15-,17-/m0/s1. The van der Waals surface area contributed by atoms with Gasteiger partial charge in [-0.25, -0.2) is 4.98 Å². The molecule has 2 aromatic rings. The summed E-state index contributed by atoms with van der Waals surface area (Å²) in [5.74, 6) is 0.953. The molecule has 2 aliphatic heterocycles. The minimum absolute atomic E-state index is 0.415. The molecule has 1 aromatic heterocycles. The lowest BCUT2D eigenvalue weighted by atomic mass is 9.89. The third-order valence-electron chi connectivity index (χ3n) is 5.20. The van der Waals surface area contributed by atoms with Crippen LogP contribution >= 0.6 is 0 Å². The third-order valence-corrected chi connectivity index (χ3v) is 5.20. The fourth-order valence-electron chi connectivity index (χ4n) is 4.09. The van der Waals surface area contributed by atoms with E-state index < -0.39 is 0 Å². The molecule has 0 saturated carbocycles. The number of piperidine rings is 1. The molecule has 3 heterocycles. The zero-order valence-electron chi connectivity index (χ0n) is 14.4. The number of fused-ring (bicyclic) bond motifs is 3. The van der Waals surface area contributed by atoms with Crippen LogP contribution in [0.15, 0.2) is 30.5 Å². The first-order valence-electron chi connectivity index (χ1n) is 8.50. The summed E-state index contributed by atoms with van der Waals surface area (Å²) in [5, 5.41) is 16.5. The zero-order valence-corrected chi connectivity index (χ0v) is 14.4. The second-order valence-corrected chi connectivity index (χ2v) is 6.54. The van der Waals surface area contributed by atoms with Gasteiger partial charge in [-0.3, -0.25) is 0 Å². The minimum atomic E-state index is 0.415. The molecular formula is C19H21N5O. The number of nitrogens with zero attached hydrogens (tertiary/aromatic N) is 3. The van der Waals surface area contributed by atoms with Gasteiger partial charge in [0.15, 0.2) is 0 Å². The second kappa shape index (κ2) is 6.26. The van der Waals surface area contributed by atoms with E-state index in [0.29, 0.717) is 23.4 Å². The van der Waals surface area contributed by atoms with E-state index in [2.05, 4.69) is 39.7 Å². The average molecular weight is 335 g/mol. The number of methoxy groups -OCH3 is 1. The molecule has 0 unspecified atom stereocenters. The van der Waals surface area contributed by atoms with Crippen LogP contribution in [0.25, 0.3) is 0 Å². The number of hydrogen-bond acceptors (Lipinski definition) is 6. The van der Waals surface area contributed by atoms with Gasteiger partial charge in [-0.2, -0.15) is 5.26 Å². The first-order chi connectivity index (χ1) is 12.2. The molecule has 6 nitrogen and oxygen atoms in total. The molecule has 2 aliphatic rings. The number of benzene rings is 1. The summed E-state index contributed by atoms with van der Waals surface area (Å²) >= 11 is 0. The predicted molar refractivity (Wildman–Crippen MR) is 97.6 cm³/mol. The molecule has 1 fully saturated rings. The van der Waals surface area contributed by atoms with Crippen molar-refractivity contribution in [1.29, 1.82) is 5.26 Å². The fraction of sp³-hybridized carbons (Fsp3) is 0.368. The molecule has 0 amide bonds. The first kappa shape index (κ1) is 15.7. The summed E-state index contributed by atoms with van der Waals surface area (Å²) in [4.78, 5) is 6.50. The van der Waals surface area contributed by atoms with Gasteiger partial charge in [-0.05, 0) is 42.8 Å². The van der Waals surface area contributed by atoms with Crippen LogP contribution in [0.5, 0.6) is 5.88 Å². The number of likely N-dealkylation sites (N-methyl/N-ethyl adjacent to an activating group) is 1. The maximum atomic E-state index is 9.69. The topological polar surface area (TPSA) is 73.2 Å². The summed E-state index contributed by atoms with van der Waals surface area (Å²) in [6, 6.07) is 10.7. The van der Waals surface area contributed by atoms with E-state index in [-0.39, 0.29) is 0 Å². The Morgan fingerprint density at radius 3 is 3.12 bits per heavy atom. The average Bonchev–Trinajstić information content (AvgIpc) is 2.94. The number of aromatic nitrogens is 1. The molecule has 1 saturated heterocycles. The first-order valence-corrected chi connectivity index (χ1v) is 8.50. The Labute approximate surface area is 147 Å². The molecule has 4 rings (SSSR count). The van der Waals surface area contributed by atoms with Crippen molar-refractivity contribution in [3.05, 3.63) is 41.6 Å². The molecule has 0 bridgehead atoms. The Balaban J connectivity index is 1.76. The normalized spacial score (nSPS) is 21.2. The lowest BCUT2D eigenvalue weighted by molar-refractivity contribution is 0.400. The van der Waals surface area contributed by atoms with Crippen molar-refractivity contribution < 1.29 is 4.74 Å². The Bertz CT molecular complexity index is 844. The van der Waals surface area contributed by atoms with Crippen LogP contribution in [0.4, 0.5) is 17.1 Å². The molecule has 0 radical (unpaired) electrons. The van der Waals surface area contributed by atoms with E-state index in [1.807, 2.05) is 18.2 Å². The second-order valence-electron chi connectivity index (χ2n) is 6.54. The number of nitrogens with one attached hydrogen (secondary N) is 2. The summed E-state index contributed by atoms with van der Waals surface area (Å²) in [5.41, 5.74) is 4.70. The highest BCUT2D eigenvalue weighted by atomic mass is 16.5. The van der Waals surface area contributed by atoms with Crippen LogP contribution in [-0.4, -0.2) is 38.3 Å². The Kier molecular flexibility index (Phi) is 3.94. The maximum Gasteiger partial charge on any atom is 0.237 e. The number of ether oxygens (including phenoxy) is 1. The molecule has 25 heavy (non-hydrogen) atoms. The highest BCUT2D eigenvalue weighted by Gasteiger charge is 2.39. The molecular weight excluding hydrogens is 314 g/mol. The summed E-state index contributed by atoms with van der Waals surface area (Å²) in [7, 11) is 3.71. The van der Waals surface area contributed by atoms with Crippen LogP contribution in [-0.2, 0) is 0 Å². The van der Waals surface area contributed by atoms with Crippen molar-refractivity contribution in [3.8, 4) is 11.9 Å². The molecule has 0 spiro atoms. The molecule has 0 aliphatic carbocycles. The number of anilines is 3. The van der Waals surface area contributed by atoms with E-state index in [4.69, 9.17) is 4.74 Å². The zero-order chi connectivity index (χ0) is 17.4. The molecule has 128 valence electrons. The van der Waals surface area contributed by atoms with Crippen molar-refractivity contribution in [1.82, 2.24) is 10.3 Å². The van der Waals surface area contributed by atoms with Crippen LogP contribution < -0.4 is 20.3 Å². The maximum absolute atomic E-state index is 9.69. The number of hydrogen-bond donors (Lipinski definition) is 2. The SMILES string of the molecule is COc1ncccc1Nc1cc(C#N)c2c(c1)[C@@H]1CNCC[C@@H]1N2C. The van der Waals surface area contributed by atoms with Crippen molar-refractivity contribution in [2.45, 2.75) is 18.4 Å². The van der Waals surface area contributed by atoms with Crippen LogP contribution in [0, 0.1) is 11.3 Å². The van der Waals surface area contributed by atoms with Gasteiger partial charge in [0.25, 0.3) is 0 Å². The van der Waals surface area contributed by atoms with Crippen molar-refractivity contribution >= 4 is 17.1 Å². The quantitative estimate of drug-likeness (QED) is 0.898. The van der Waals surface area contributed by atoms with Crippen molar-refractivity contribution in [3.63, 3.8) is 0 Å². The van der Waals surface area contributed by atoms with Crippen LogP contribution in [0.2, 0.25) is 0 Å². The van der Waals surface area contributed by atoms with E-state index >= 15 is 0 Å². The summed E-state index contributed by atoms with van der Waals surface area (Å²) < 4.78 is 5.31. The van der Waals surface area contributed by atoms with Gasteiger partial charge in [-0.15, -0.1) is 0 Å². The van der Waals surface area contributed by atoms with Gasteiger partial charge < -0.3 is 20.3 Å². The number of nitriles is 1. The van der Waals surface area contributed by atoms with Gasteiger partial charge in [0.2, 0.25) is 5.88 Å². The highest BCUT2D eigenvalue weighted by molar-refractivity contribution is 5.77. The number of pyridine rings is 1. The lowest BCUT2D eigenvalue weighted by Gasteiger charge is -2.31. The Morgan fingerprint density at radius 1 is 1.44 bits per heavy atom. The summed E-state index contributed by atoms with van der Waals surface area (Å²) in [6.45, 7) is 1.98. The van der Waals surface area contributed by atoms with Crippen molar-refractivity contribution in [2.24, 2.45) is 0 Å². The molecule has 2 atom stereocenters. The van der Waals surface area contributed by atoms with E-state index in [0.717, 1.165) is 36.6 Å². The lowest BCUT2D eigenvalue weighted by Crippen LogP contribution is -2.42. The Hall–Kier alpha value is -2.78. The van der Waals surface area contributed by atoms with Gasteiger partial charge in [0.05, 0.1) is 18.4 Å². The largest absolute Gasteiger partial charge is 0.480 e. The Morgan fingerprint density at radius 2 is 2.32 bits per heavy atom. The van der Waals surface area contributed by atoms with Gasteiger partial charge in [-0.1, -0.05) is 0 Å². The minimum Gasteiger partial charge on any atom is -0.480 e. The molecule has 2 N–H and O–H groups in total. The van der Waals surface area contributed by atoms with Crippen molar-refractivity contribution in [2.75, 3.05) is 37.5 Å². The van der Waals surface area contributed by atoms with E-state index in [1.54, 1.807) is 13.3 Å². The van der Waals surface area contributed by atoms with Gasteiger partial charge in [0, 0.05) is 37.4 Å². The smallest absolute Gasteiger partial charge is 0.237 e. The van der Waals surface area contributed by atoms with Crippen LogP contribution in [0.3, 0.4) is 0 Å². The monoisotopic (exact) mass is 335 g/mol. The van der Waals surface area contributed by atoms with Crippen LogP contribution in [0.1, 0.15) is 23.5 Å². The molecule has 6 heteroatoms. The highest BCUT2D eigenvalue weighted by Crippen LogP contribution is 2.46. The van der Waals surface area contributed by atoms with E-state index in [9.17, 15) is 5.26 Å².